The number of rotatable bonds is 2. The van der Waals surface area contributed by atoms with Crippen LogP contribution in [0.4, 0.5) is 4.39 Å². The molecular formula is C15H14FN3O3. The number of nitrogens with one attached hydrogen (secondary N) is 2. The van der Waals surface area contributed by atoms with Gasteiger partial charge < -0.3 is 10.1 Å². The largest absolute Gasteiger partial charge is 0.493 e. The van der Waals surface area contributed by atoms with Gasteiger partial charge in [0.2, 0.25) is 0 Å². The number of amides is 1. The maximum Gasteiger partial charge on any atom is 0.272 e. The number of aromatic nitrogens is 2. The molecule has 0 bridgehead atoms. The van der Waals surface area contributed by atoms with Crippen LogP contribution in [0.5, 0.6) is 5.75 Å². The Balaban J connectivity index is 1.84. The van der Waals surface area contributed by atoms with Crippen molar-refractivity contribution in [1.29, 1.82) is 0 Å². The van der Waals surface area contributed by atoms with Crippen molar-refractivity contribution in [2.75, 3.05) is 6.61 Å². The first-order valence-corrected chi connectivity index (χ1v) is 6.92. The Labute approximate surface area is 125 Å². The molecular weight excluding hydrogens is 289 g/mol. The van der Waals surface area contributed by atoms with Gasteiger partial charge in [-0.15, -0.1) is 0 Å². The molecule has 0 aliphatic carbocycles. The molecule has 22 heavy (non-hydrogen) atoms. The van der Waals surface area contributed by atoms with E-state index < -0.39 is 5.91 Å². The molecule has 1 aliphatic rings. The van der Waals surface area contributed by atoms with Crippen LogP contribution in [0, 0.1) is 5.82 Å². The molecule has 0 radical (unpaired) electrons. The van der Waals surface area contributed by atoms with E-state index in [0.717, 1.165) is 12.0 Å². The second kappa shape index (κ2) is 5.97. The number of carbonyl (C=O) groups is 1. The van der Waals surface area contributed by atoms with Gasteiger partial charge in [-0.3, -0.25) is 9.59 Å². The fourth-order valence-corrected chi connectivity index (χ4v) is 2.40. The fraction of sp³-hybridized carbons (Fsp3) is 0.267. The Hall–Kier alpha value is -2.70. The summed E-state index contributed by atoms with van der Waals surface area (Å²) in [4.78, 5) is 23.2. The number of benzene rings is 1. The van der Waals surface area contributed by atoms with E-state index in [0.29, 0.717) is 18.8 Å². The second-order valence-corrected chi connectivity index (χ2v) is 5.01. The number of aromatic amines is 1. The highest BCUT2D eigenvalue weighted by Gasteiger charge is 2.23. The smallest absolute Gasteiger partial charge is 0.272 e. The van der Waals surface area contributed by atoms with Crippen LogP contribution in [-0.2, 0) is 0 Å². The minimum Gasteiger partial charge on any atom is -0.493 e. The highest BCUT2D eigenvalue weighted by atomic mass is 19.1. The molecule has 1 aromatic carbocycles. The van der Waals surface area contributed by atoms with Gasteiger partial charge in [-0.05, 0) is 25.0 Å². The average molecular weight is 303 g/mol. The molecule has 0 fully saturated rings. The Bertz CT molecular complexity index is 739. The quantitative estimate of drug-likeness (QED) is 0.881. The Morgan fingerprint density at radius 1 is 1.36 bits per heavy atom. The lowest BCUT2D eigenvalue weighted by atomic mass is 10.0. The van der Waals surface area contributed by atoms with Crippen LogP contribution < -0.4 is 15.6 Å². The van der Waals surface area contributed by atoms with E-state index in [1.54, 1.807) is 6.07 Å². The third kappa shape index (κ3) is 2.98. The van der Waals surface area contributed by atoms with Gasteiger partial charge in [-0.1, -0.05) is 6.07 Å². The number of fused-ring (bicyclic) bond motifs is 1. The monoisotopic (exact) mass is 303 g/mol. The Kier molecular flexibility index (Phi) is 3.86. The van der Waals surface area contributed by atoms with E-state index in [-0.39, 0.29) is 23.1 Å². The summed E-state index contributed by atoms with van der Waals surface area (Å²) >= 11 is 0. The standard InChI is InChI=1S/C15H14FN3O3/c16-9-3-4-10-11(2-1-7-22-13(10)8-9)17-15(21)12-5-6-14(20)19-18-12/h3-6,8,11H,1-2,7H2,(H,17,21)(H,19,20)/t11-/m0/s1. The Morgan fingerprint density at radius 3 is 3.00 bits per heavy atom. The van der Waals surface area contributed by atoms with E-state index in [1.165, 1.54) is 24.3 Å². The molecule has 2 heterocycles. The van der Waals surface area contributed by atoms with Crippen molar-refractivity contribution in [3.63, 3.8) is 0 Å². The summed E-state index contributed by atoms with van der Waals surface area (Å²) in [6.45, 7) is 0.472. The second-order valence-electron chi connectivity index (χ2n) is 5.01. The van der Waals surface area contributed by atoms with Gasteiger partial charge in [-0.25, -0.2) is 9.49 Å². The van der Waals surface area contributed by atoms with E-state index in [4.69, 9.17) is 4.74 Å². The van der Waals surface area contributed by atoms with Crippen molar-refractivity contribution in [2.45, 2.75) is 18.9 Å². The highest BCUT2D eigenvalue weighted by molar-refractivity contribution is 5.92. The van der Waals surface area contributed by atoms with Gasteiger partial charge in [0, 0.05) is 17.7 Å². The predicted octanol–water partition coefficient (Wildman–Crippen LogP) is 1.55. The normalized spacial score (nSPS) is 17.0. The number of H-pyrrole nitrogens is 1. The fourth-order valence-electron chi connectivity index (χ4n) is 2.40. The third-order valence-electron chi connectivity index (χ3n) is 3.46. The number of nitrogens with zero attached hydrogens (tertiary/aromatic N) is 1. The first kappa shape index (κ1) is 14.2. The maximum absolute atomic E-state index is 13.3. The molecule has 1 aliphatic heterocycles. The summed E-state index contributed by atoms with van der Waals surface area (Å²) in [6, 6.07) is 6.57. The molecule has 0 saturated heterocycles. The lowest BCUT2D eigenvalue weighted by Gasteiger charge is -2.18. The van der Waals surface area contributed by atoms with E-state index in [2.05, 4.69) is 15.5 Å². The molecule has 1 atom stereocenters. The van der Waals surface area contributed by atoms with Crippen LogP contribution in [0.1, 0.15) is 34.9 Å². The highest BCUT2D eigenvalue weighted by Crippen LogP contribution is 2.32. The average Bonchev–Trinajstić information content (AvgIpc) is 2.70. The predicted molar refractivity (Wildman–Crippen MR) is 76.2 cm³/mol. The van der Waals surface area contributed by atoms with Crippen molar-refractivity contribution in [3.05, 3.63) is 57.8 Å². The number of hydrogen-bond acceptors (Lipinski definition) is 4. The van der Waals surface area contributed by atoms with Crippen molar-refractivity contribution < 1.29 is 13.9 Å². The number of ether oxygens (including phenoxy) is 1. The van der Waals surface area contributed by atoms with Crippen LogP contribution >= 0.6 is 0 Å². The molecule has 7 heteroatoms. The van der Waals surface area contributed by atoms with Gasteiger partial charge >= 0.3 is 0 Å². The van der Waals surface area contributed by atoms with Crippen LogP contribution in [0.3, 0.4) is 0 Å². The number of hydrogen-bond donors (Lipinski definition) is 2. The lowest BCUT2D eigenvalue weighted by Crippen LogP contribution is -2.30. The summed E-state index contributed by atoms with van der Waals surface area (Å²) in [5.74, 6) is -0.344. The summed E-state index contributed by atoms with van der Waals surface area (Å²) < 4.78 is 18.8. The SMILES string of the molecule is O=C(N[C@H]1CCCOc2cc(F)ccc21)c1ccc(=O)[nH]n1. The first-order chi connectivity index (χ1) is 10.6. The van der Waals surface area contributed by atoms with Crippen LogP contribution in [0.25, 0.3) is 0 Å². The molecule has 6 nitrogen and oxygen atoms in total. The van der Waals surface area contributed by atoms with Crippen LogP contribution in [-0.4, -0.2) is 22.7 Å². The Morgan fingerprint density at radius 2 is 2.23 bits per heavy atom. The zero-order valence-corrected chi connectivity index (χ0v) is 11.6. The summed E-state index contributed by atoms with van der Waals surface area (Å²) in [5, 5.41) is 8.76. The molecule has 114 valence electrons. The minimum atomic E-state index is -0.404. The van der Waals surface area contributed by atoms with Gasteiger partial charge in [0.15, 0.2) is 0 Å². The maximum atomic E-state index is 13.3. The molecule has 1 aromatic heterocycles. The lowest BCUT2D eigenvalue weighted by molar-refractivity contribution is 0.0928. The van der Waals surface area contributed by atoms with Gasteiger partial charge in [0.25, 0.3) is 11.5 Å². The van der Waals surface area contributed by atoms with Crippen molar-refractivity contribution in [2.24, 2.45) is 0 Å². The van der Waals surface area contributed by atoms with Crippen molar-refractivity contribution in [3.8, 4) is 5.75 Å². The molecule has 2 N–H and O–H groups in total. The molecule has 1 amide bonds. The summed E-state index contributed by atoms with van der Waals surface area (Å²) in [5.41, 5.74) is 0.477. The third-order valence-corrected chi connectivity index (χ3v) is 3.46. The molecule has 0 spiro atoms. The molecule has 0 saturated carbocycles. The molecule has 3 rings (SSSR count). The van der Waals surface area contributed by atoms with Gasteiger partial charge in [0.1, 0.15) is 17.3 Å². The molecule has 2 aromatic rings. The van der Waals surface area contributed by atoms with Crippen LogP contribution in [0.15, 0.2) is 35.1 Å². The first-order valence-electron chi connectivity index (χ1n) is 6.92. The van der Waals surface area contributed by atoms with Gasteiger partial charge in [-0.2, -0.15) is 5.10 Å². The van der Waals surface area contributed by atoms with Crippen LogP contribution in [0.2, 0.25) is 0 Å². The van der Waals surface area contributed by atoms with Crippen molar-refractivity contribution >= 4 is 5.91 Å². The van der Waals surface area contributed by atoms with E-state index in [1.807, 2.05) is 0 Å². The number of carbonyl (C=O) groups excluding carboxylic acids is 1. The van der Waals surface area contributed by atoms with Crippen molar-refractivity contribution in [1.82, 2.24) is 15.5 Å². The molecule has 0 unspecified atom stereocenters. The number of halogens is 1. The van der Waals surface area contributed by atoms with E-state index in [9.17, 15) is 14.0 Å². The topological polar surface area (TPSA) is 84.1 Å². The van der Waals surface area contributed by atoms with E-state index >= 15 is 0 Å². The van der Waals surface area contributed by atoms with Gasteiger partial charge in [0.05, 0.1) is 12.6 Å². The minimum absolute atomic E-state index is 0.119. The zero-order chi connectivity index (χ0) is 15.5. The zero-order valence-electron chi connectivity index (χ0n) is 11.6. The summed E-state index contributed by atoms with van der Waals surface area (Å²) in [7, 11) is 0. The summed E-state index contributed by atoms with van der Waals surface area (Å²) in [6.07, 6.45) is 1.41.